The third-order valence-corrected chi connectivity index (χ3v) is 4.19. The lowest BCUT2D eigenvalue weighted by Gasteiger charge is -2.30. The second kappa shape index (κ2) is 6.89. The third kappa shape index (κ3) is 4.34. The second-order valence-corrected chi connectivity index (χ2v) is 6.15. The van der Waals surface area contributed by atoms with Crippen molar-refractivity contribution in [2.45, 2.75) is 40.0 Å². The molecule has 1 amide bonds. The standard InChI is InChI=1S/C17H26N2O/c1-13-5-4-9-19(12-13)10-8-17(20)18-16-7-6-14(2)15(3)11-16/h6-7,11,13H,4-5,8-10,12H2,1-3H3,(H,18,20)/t13-/m0/s1. The predicted octanol–water partition coefficient (Wildman–Crippen LogP) is 3.36. The molecule has 0 aromatic heterocycles. The fourth-order valence-corrected chi connectivity index (χ4v) is 2.79. The molecule has 1 fully saturated rings. The van der Waals surface area contributed by atoms with Crippen LogP contribution >= 0.6 is 0 Å². The Kier molecular flexibility index (Phi) is 5.18. The minimum absolute atomic E-state index is 0.117. The number of nitrogens with one attached hydrogen (secondary N) is 1. The lowest BCUT2D eigenvalue weighted by atomic mass is 10.0. The van der Waals surface area contributed by atoms with E-state index in [0.29, 0.717) is 6.42 Å². The van der Waals surface area contributed by atoms with Crippen LogP contribution in [-0.2, 0) is 4.79 Å². The molecule has 0 unspecified atom stereocenters. The maximum atomic E-state index is 12.0. The predicted molar refractivity (Wildman–Crippen MR) is 84.0 cm³/mol. The van der Waals surface area contributed by atoms with Crippen LogP contribution < -0.4 is 5.32 Å². The number of hydrogen-bond acceptors (Lipinski definition) is 2. The average molecular weight is 274 g/mol. The third-order valence-electron chi connectivity index (χ3n) is 4.19. The molecule has 3 heteroatoms. The van der Waals surface area contributed by atoms with Crippen LogP contribution in [0.3, 0.4) is 0 Å². The maximum absolute atomic E-state index is 12.0. The summed E-state index contributed by atoms with van der Waals surface area (Å²) < 4.78 is 0. The van der Waals surface area contributed by atoms with Crippen molar-refractivity contribution in [3.05, 3.63) is 29.3 Å². The SMILES string of the molecule is Cc1ccc(NC(=O)CCN2CCC[C@H](C)C2)cc1C. The van der Waals surface area contributed by atoms with Gasteiger partial charge in [0.15, 0.2) is 0 Å². The average Bonchev–Trinajstić information content (AvgIpc) is 2.41. The van der Waals surface area contributed by atoms with E-state index in [1.54, 1.807) is 0 Å². The van der Waals surface area contributed by atoms with Crippen molar-refractivity contribution < 1.29 is 4.79 Å². The van der Waals surface area contributed by atoms with Crippen LogP contribution in [0, 0.1) is 19.8 Å². The molecule has 0 spiro atoms. The summed E-state index contributed by atoms with van der Waals surface area (Å²) in [5, 5.41) is 3.00. The van der Waals surface area contributed by atoms with Crippen molar-refractivity contribution in [2.75, 3.05) is 25.0 Å². The van der Waals surface area contributed by atoms with Crippen LogP contribution in [0.25, 0.3) is 0 Å². The largest absolute Gasteiger partial charge is 0.326 e. The van der Waals surface area contributed by atoms with E-state index in [2.05, 4.69) is 37.1 Å². The summed E-state index contributed by atoms with van der Waals surface area (Å²) in [6.07, 6.45) is 3.17. The lowest BCUT2D eigenvalue weighted by molar-refractivity contribution is -0.116. The zero-order chi connectivity index (χ0) is 14.5. The first-order valence-electron chi connectivity index (χ1n) is 7.64. The number of nitrogens with zero attached hydrogens (tertiary/aromatic N) is 1. The van der Waals surface area contributed by atoms with Crippen LogP contribution in [0.15, 0.2) is 18.2 Å². The first kappa shape index (κ1) is 15.0. The number of hydrogen-bond donors (Lipinski definition) is 1. The lowest BCUT2D eigenvalue weighted by Crippen LogP contribution is -2.36. The smallest absolute Gasteiger partial charge is 0.225 e. The number of piperidine rings is 1. The molecule has 1 atom stereocenters. The Hall–Kier alpha value is -1.35. The number of aryl methyl sites for hydroxylation is 2. The summed E-state index contributed by atoms with van der Waals surface area (Å²) in [7, 11) is 0. The van der Waals surface area contributed by atoms with Gasteiger partial charge in [-0.25, -0.2) is 0 Å². The highest BCUT2D eigenvalue weighted by Gasteiger charge is 2.16. The molecular weight excluding hydrogens is 248 g/mol. The van der Waals surface area contributed by atoms with Gasteiger partial charge in [0.1, 0.15) is 0 Å². The minimum atomic E-state index is 0.117. The molecule has 1 N–H and O–H groups in total. The van der Waals surface area contributed by atoms with Crippen LogP contribution in [0.1, 0.15) is 37.3 Å². The van der Waals surface area contributed by atoms with Crippen LogP contribution in [0.4, 0.5) is 5.69 Å². The van der Waals surface area contributed by atoms with Gasteiger partial charge in [0.25, 0.3) is 0 Å². The second-order valence-electron chi connectivity index (χ2n) is 6.15. The van der Waals surface area contributed by atoms with E-state index >= 15 is 0 Å². The van der Waals surface area contributed by atoms with E-state index in [1.807, 2.05) is 12.1 Å². The van der Waals surface area contributed by atoms with Crippen molar-refractivity contribution in [1.29, 1.82) is 0 Å². The summed E-state index contributed by atoms with van der Waals surface area (Å²) in [5.74, 6) is 0.887. The Labute approximate surface area is 122 Å². The van der Waals surface area contributed by atoms with Gasteiger partial charge >= 0.3 is 0 Å². The Morgan fingerprint density at radius 1 is 1.35 bits per heavy atom. The number of anilines is 1. The molecule has 1 aliphatic rings. The molecule has 1 aromatic rings. The van der Waals surface area contributed by atoms with Gasteiger partial charge in [-0.1, -0.05) is 13.0 Å². The van der Waals surface area contributed by atoms with Crippen LogP contribution in [0.2, 0.25) is 0 Å². The summed E-state index contributed by atoms with van der Waals surface area (Å²) in [4.78, 5) is 14.4. The molecule has 1 saturated heterocycles. The Balaban J connectivity index is 1.78. The van der Waals surface area contributed by atoms with Gasteiger partial charge in [-0.05, 0) is 62.4 Å². The molecule has 1 heterocycles. The molecule has 0 radical (unpaired) electrons. The van der Waals surface area contributed by atoms with Gasteiger partial charge in [-0.15, -0.1) is 0 Å². The zero-order valence-electron chi connectivity index (χ0n) is 12.9. The molecule has 2 rings (SSSR count). The number of rotatable bonds is 4. The maximum Gasteiger partial charge on any atom is 0.225 e. The summed E-state index contributed by atoms with van der Waals surface area (Å²) in [6.45, 7) is 9.60. The molecule has 0 bridgehead atoms. The molecule has 3 nitrogen and oxygen atoms in total. The summed E-state index contributed by atoms with van der Waals surface area (Å²) in [6, 6.07) is 6.07. The molecule has 110 valence electrons. The Morgan fingerprint density at radius 3 is 2.85 bits per heavy atom. The Morgan fingerprint density at radius 2 is 2.15 bits per heavy atom. The topological polar surface area (TPSA) is 32.3 Å². The summed E-state index contributed by atoms with van der Waals surface area (Å²) in [5.41, 5.74) is 3.38. The number of carbonyl (C=O) groups excluding carboxylic acids is 1. The fraction of sp³-hybridized carbons (Fsp3) is 0.588. The van der Waals surface area contributed by atoms with Crippen molar-refractivity contribution in [3.8, 4) is 0 Å². The quantitative estimate of drug-likeness (QED) is 0.913. The van der Waals surface area contributed by atoms with Gasteiger partial charge in [0, 0.05) is 25.2 Å². The molecular formula is C17H26N2O. The fourth-order valence-electron chi connectivity index (χ4n) is 2.79. The van der Waals surface area contributed by atoms with Crippen molar-refractivity contribution in [3.63, 3.8) is 0 Å². The molecule has 0 saturated carbocycles. The number of likely N-dealkylation sites (tertiary alicyclic amines) is 1. The highest BCUT2D eigenvalue weighted by atomic mass is 16.1. The Bertz CT molecular complexity index is 470. The highest BCUT2D eigenvalue weighted by Crippen LogP contribution is 2.16. The zero-order valence-corrected chi connectivity index (χ0v) is 12.9. The first-order chi connectivity index (χ1) is 9.54. The van der Waals surface area contributed by atoms with Gasteiger partial charge in [0.2, 0.25) is 5.91 Å². The molecule has 20 heavy (non-hydrogen) atoms. The normalized spacial score (nSPS) is 19.9. The van der Waals surface area contributed by atoms with Crippen LogP contribution in [-0.4, -0.2) is 30.4 Å². The molecule has 1 aromatic carbocycles. The number of benzene rings is 1. The highest BCUT2D eigenvalue weighted by molar-refractivity contribution is 5.90. The van der Waals surface area contributed by atoms with E-state index in [1.165, 1.54) is 24.0 Å². The minimum Gasteiger partial charge on any atom is -0.326 e. The van der Waals surface area contributed by atoms with Gasteiger partial charge in [-0.2, -0.15) is 0 Å². The van der Waals surface area contributed by atoms with Gasteiger partial charge < -0.3 is 10.2 Å². The number of carbonyl (C=O) groups is 1. The number of amides is 1. The first-order valence-corrected chi connectivity index (χ1v) is 7.64. The van der Waals surface area contributed by atoms with E-state index in [9.17, 15) is 4.79 Å². The van der Waals surface area contributed by atoms with E-state index in [4.69, 9.17) is 0 Å². The van der Waals surface area contributed by atoms with Crippen molar-refractivity contribution >= 4 is 11.6 Å². The van der Waals surface area contributed by atoms with Crippen LogP contribution in [0.5, 0.6) is 0 Å². The van der Waals surface area contributed by atoms with Crippen molar-refractivity contribution in [2.24, 2.45) is 5.92 Å². The van der Waals surface area contributed by atoms with Gasteiger partial charge in [-0.3, -0.25) is 4.79 Å². The van der Waals surface area contributed by atoms with E-state index in [-0.39, 0.29) is 5.91 Å². The van der Waals surface area contributed by atoms with E-state index in [0.717, 1.165) is 31.2 Å². The van der Waals surface area contributed by atoms with Crippen molar-refractivity contribution in [1.82, 2.24) is 4.90 Å². The van der Waals surface area contributed by atoms with E-state index < -0.39 is 0 Å². The molecule has 1 aliphatic heterocycles. The monoisotopic (exact) mass is 274 g/mol. The summed E-state index contributed by atoms with van der Waals surface area (Å²) >= 11 is 0. The van der Waals surface area contributed by atoms with Gasteiger partial charge in [0.05, 0.1) is 0 Å². The molecule has 0 aliphatic carbocycles.